The number of sulfone groups is 1. The molecule has 1 unspecified atom stereocenters. The molecule has 3 nitrogen and oxygen atoms in total. The van der Waals surface area contributed by atoms with E-state index in [1.165, 1.54) is 18.4 Å². The van der Waals surface area contributed by atoms with E-state index in [0.717, 1.165) is 5.56 Å². The zero-order valence-corrected chi connectivity index (χ0v) is 13.2. The first-order chi connectivity index (χ1) is 9.77. The molecule has 2 aromatic rings. The quantitative estimate of drug-likeness (QED) is 0.921. The highest BCUT2D eigenvalue weighted by Gasteiger charge is 2.11. The summed E-state index contributed by atoms with van der Waals surface area (Å²) < 4.78 is 35.8. The number of halogens is 2. The van der Waals surface area contributed by atoms with Gasteiger partial charge in [-0.2, -0.15) is 0 Å². The predicted molar refractivity (Wildman–Crippen MR) is 83.0 cm³/mol. The molecule has 0 heterocycles. The molecule has 0 spiro atoms. The van der Waals surface area contributed by atoms with Gasteiger partial charge in [0.05, 0.1) is 15.6 Å². The summed E-state index contributed by atoms with van der Waals surface area (Å²) in [7, 11) is -3.20. The van der Waals surface area contributed by atoms with Crippen molar-refractivity contribution in [1.82, 2.24) is 0 Å². The van der Waals surface area contributed by atoms with Crippen molar-refractivity contribution in [3.63, 3.8) is 0 Å². The molecule has 2 rings (SSSR count). The van der Waals surface area contributed by atoms with E-state index in [4.69, 9.17) is 11.6 Å². The number of nitrogens with one attached hydrogen (secondary N) is 1. The Morgan fingerprint density at radius 3 is 2.29 bits per heavy atom. The molecule has 112 valence electrons. The molecule has 0 aliphatic heterocycles. The second-order valence-electron chi connectivity index (χ2n) is 4.83. The van der Waals surface area contributed by atoms with E-state index in [-0.39, 0.29) is 10.9 Å². The van der Waals surface area contributed by atoms with Crippen LogP contribution >= 0.6 is 11.6 Å². The first kappa shape index (κ1) is 15.8. The maximum Gasteiger partial charge on any atom is 0.175 e. The minimum absolute atomic E-state index is 0.0958. The molecule has 0 amide bonds. The van der Waals surface area contributed by atoms with Gasteiger partial charge in [-0.15, -0.1) is 0 Å². The highest BCUT2D eigenvalue weighted by atomic mass is 35.5. The molecule has 0 saturated carbocycles. The molecule has 0 saturated heterocycles. The molecular formula is C15H15ClFNO2S. The van der Waals surface area contributed by atoms with E-state index < -0.39 is 15.7 Å². The average Bonchev–Trinajstić information content (AvgIpc) is 2.41. The molecule has 2 aromatic carbocycles. The fraction of sp³-hybridized carbons (Fsp3) is 0.200. The molecule has 1 atom stereocenters. The fourth-order valence-corrected chi connectivity index (χ4v) is 2.78. The van der Waals surface area contributed by atoms with Gasteiger partial charge in [0, 0.05) is 12.3 Å². The SMILES string of the molecule is CC(Nc1ccc(F)cc1Cl)c1ccc(S(C)(=O)=O)cc1. The minimum atomic E-state index is -3.20. The lowest BCUT2D eigenvalue weighted by Gasteiger charge is -2.17. The molecule has 0 bridgehead atoms. The van der Waals surface area contributed by atoms with Gasteiger partial charge in [0.1, 0.15) is 5.82 Å². The molecule has 0 aromatic heterocycles. The van der Waals surface area contributed by atoms with Crippen molar-refractivity contribution in [2.45, 2.75) is 17.9 Å². The zero-order chi connectivity index (χ0) is 15.6. The van der Waals surface area contributed by atoms with Crippen molar-refractivity contribution in [2.24, 2.45) is 0 Å². The Bertz CT molecular complexity index is 745. The smallest absolute Gasteiger partial charge is 0.175 e. The Hall–Kier alpha value is -1.59. The van der Waals surface area contributed by atoms with Crippen molar-refractivity contribution in [1.29, 1.82) is 0 Å². The molecule has 0 aliphatic carbocycles. The topological polar surface area (TPSA) is 46.2 Å². The lowest BCUT2D eigenvalue weighted by Crippen LogP contribution is -2.07. The van der Waals surface area contributed by atoms with Crippen LogP contribution in [0.15, 0.2) is 47.4 Å². The summed E-state index contributed by atoms with van der Waals surface area (Å²) in [5, 5.41) is 3.46. The third-order valence-corrected chi connectivity index (χ3v) is 4.55. The van der Waals surface area contributed by atoms with E-state index in [9.17, 15) is 12.8 Å². The average molecular weight is 328 g/mol. The van der Waals surface area contributed by atoms with Crippen molar-refractivity contribution in [3.8, 4) is 0 Å². The van der Waals surface area contributed by atoms with Gasteiger partial charge in [0.25, 0.3) is 0 Å². The number of hydrogen-bond acceptors (Lipinski definition) is 3. The third-order valence-electron chi connectivity index (χ3n) is 3.11. The molecule has 1 N–H and O–H groups in total. The van der Waals surface area contributed by atoms with Gasteiger partial charge in [0.15, 0.2) is 9.84 Å². The molecule has 21 heavy (non-hydrogen) atoms. The second kappa shape index (κ2) is 6.03. The number of benzene rings is 2. The summed E-state index contributed by atoms with van der Waals surface area (Å²) in [6.07, 6.45) is 1.17. The van der Waals surface area contributed by atoms with Crippen LogP contribution in [0.2, 0.25) is 5.02 Å². The summed E-state index contributed by atoms with van der Waals surface area (Å²) in [6, 6.07) is 10.7. The van der Waals surface area contributed by atoms with Crippen LogP contribution in [0, 0.1) is 5.82 Å². The Morgan fingerprint density at radius 1 is 1.14 bits per heavy atom. The summed E-state index contributed by atoms with van der Waals surface area (Å²) >= 11 is 5.96. The molecule has 0 radical (unpaired) electrons. The number of hydrogen-bond donors (Lipinski definition) is 1. The van der Waals surface area contributed by atoms with Crippen molar-refractivity contribution in [3.05, 3.63) is 58.9 Å². The first-order valence-corrected chi connectivity index (χ1v) is 8.56. The van der Waals surface area contributed by atoms with Gasteiger partial charge < -0.3 is 5.32 Å². The number of anilines is 1. The highest BCUT2D eigenvalue weighted by Crippen LogP contribution is 2.27. The highest BCUT2D eigenvalue weighted by molar-refractivity contribution is 7.90. The standard InChI is InChI=1S/C15H15ClFNO2S/c1-10(18-15-8-5-12(17)9-14(15)16)11-3-6-13(7-4-11)21(2,19)20/h3-10,18H,1-2H3. The third kappa shape index (κ3) is 3.95. The largest absolute Gasteiger partial charge is 0.377 e. The van der Waals surface area contributed by atoms with Crippen LogP contribution in [-0.2, 0) is 9.84 Å². The Labute approximate surface area is 128 Å². The summed E-state index contributed by atoms with van der Waals surface area (Å²) in [5.41, 5.74) is 1.53. The minimum Gasteiger partial charge on any atom is -0.377 e. The van der Waals surface area contributed by atoms with Crippen LogP contribution in [0.4, 0.5) is 10.1 Å². The van der Waals surface area contributed by atoms with Crippen LogP contribution in [-0.4, -0.2) is 14.7 Å². The lowest BCUT2D eigenvalue weighted by molar-refractivity contribution is 0.602. The molecule has 0 aliphatic rings. The van der Waals surface area contributed by atoms with Gasteiger partial charge in [-0.05, 0) is 42.8 Å². The summed E-state index contributed by atoms with van der Waals surface area (Å²) in [6.45, 7) is 1.91. The van der Waals surface area contributed by atoms with Crippen molar-refractivity contribution in [2.75, 3.05) is 11.6 Å². The van der Waals surface area contributed by atoms with E-state index in [2.05, 4.69) is 5.32 Å². The van der Waals surface area contributed by atoms with E-state index >= 15 is 0 Å². The maximum atomic E-state index is 13.0. The second-order valence-corrected chi connectivity index (χ2v) is 7.25. The summed E-state index contributed by atoms with van der Waals surface area (Å²) in [4.78, 5) is 0.276. The molecular weight excluding hydrogens is 313 g/mol. The molecule has 6 heteroatoms. The van der Waals surface area contributed by atoms with Crippen molar-refractivity contribution < 1.29 is 12.8 Å². The van der Waals surface area contributed by atoms with Gasteiger partial charge >= 0.3 is 0 Å². The number of rotatable bonds is 4. The van der Waals surface area contributed by atoms with Gasteiger partial charge in [0.2, 0.25) is 0 Å². The first-order valence-electron chi connectivity index (χ1n) is 6.29. The van der Waals surface area contributed by atoms with E-state index in [0.29, 0.717) is 10.7 Å². The van der Waals surface area contributed by atoms with E-state index in [1.807, 2.05) is 6.92 Å². The van der Waals surface area contributed by atoms with Crippen LogP contribution in [0.25, 0.3) is 0 Å². The summed E-state index contributed by atoms with van der Waals surface area (Å²) in [5.74, 6) is -0.393. The van der Waals surface area contributed by atoms with Crippen LogP contribution in [0.5, 0.6) is 0 Å². The van der Waals surface area contributed by atoms with E-state index in [1.54, 1.807) is 30.3 Å². The Kier molecular flexibility index (Phi) is 4.54. The van der Waals surface area contributed by atoms with Gasteiger partial charge in [-0.25, -0.2) is 12.8 Å². The maximum absolute atomic E-state index is 13.0. The van der Waals surface area contributed by atoms with Crippen LogP contribution in [0.1, 0.15) is 18.5 Å². The molecule has 0 fully saturated rings. The Morgan fingerprint density at radius 2 is 1.76 bits per heavy atom. The van der Waals surface area contributed by atoms with Crippen LogP contribution < -0.4 is 5.32 Å². The van der Waals surface area contributed by atoms with Crippen LogP contribution in [0.3, 0.4) is 0 Å². The predicted octanol–water partition coefficient (Wildman–Crippen LogP) is 4.06. The monoisotopic (exact) mass is 327 g/mol. The van der Waals surface area contributed by atoms with Crippen molar-refractivity contribution >= 4 is 27.1 Å². The lowest BCUT2D eigenvalue weighted by atomic mass is 10.1. The zero-order valence-electron chi connectivity index (χ0n) is 11.6. The van der Waals surface area contributed by atoms with Gasteiger partial charge in [-0.3, -0.25) is 0 Å². The Balaban J connectivity index is 2.18. The normalized spacial score (nSPS) is 13.0. The fourth-order valence-electron chi connectivity index (χ4n) is 1.93. The van der Waals surface area contributed by atoms with Gasteiger partial charge in [-0.1, -0.05) is 23.7 Å².